The Morgan fingerprint density at radius 2 is 2.00 bits per heavy atom. The normalized spacial score (nSPS) is 11.4. The molecule has 106 valence electrons. The number of halogens is 4. The summed E-state index contributed by atoms with van der Waals surface area (Å²) in [4.78, 5) is 12.4. The van der Waals surface area contributed by atoms with Crippen molar-refractivity contribution in [2.75, 3.05) is 0 Å². The number of hydrogen-bond donors (Lipinski definition) is 0. The number of benzene rings is 1. The molecular formula is C13H8F4O2S. The van der Waals surface area contributed by atoms with Gasteiger partial charge in [-0.2, -0.15) is 13.2 Å². The first kappa shape index (κ1) is 14.5. The third kappa shape index (κ3) is 3.36. The van der Waals surface area contributed by atoms with Crippen LogP contribution < -0.4 is 0 Å². The minimum Gasteiger partial charge on any atom is -0.456 e. The molecule has 0 aliphatic carbocycles. The summed E-state index contributed by atoms with van der Waals surface area (Å²) in [6, 6.07) is 5.50. The van der Waals surface area contributed by atoms with Gasteiger partial charge in [-0.25, -0.2) is 9.18 Å². The summed E-state index contributed by atoms with van der Waals surface area (Å²) in [5.41, 5.74) is -1.82. The van der Waals surface area contributed by atoms with E-state index in [0.717, 1.165) is 10.9 Å². The Labute approximate surface area is 115 Å². The van der Waals surface area contributed by atoms with E-state index in [4.69, 9.17) is 4.74 Å². The first-order valence-corrected chi connectivity index (χ1v) is 6.32. The van der Waals surface area contributed by atoms with E-state index >= 15 is 0 Å². The van der Waals surface area contributed by atoms with Gasteiger partial charge < -0.3 is 4.74 Å². The molecule has 2 aromatic rings. The summed E-state index contributed by atoms with van der Waals surface area (Å²) >= 11 is 1.35. The predicted octanol–water partition coefficient (Wildman–Crippen LogP) is 4.26. The molecule has 1 aromatic carbocycles. The van der Waals surface area contributed by atoms with Gasteiger partial charge in [-0.15, -0.1) is 11.3 Å². The van der Waals surface area contributed by atoms with E-state index in [1.807, 2.05) is 0 Å². The van der Waals surface area contributed by atoms with Crippen LogP contribution >= 0.6 is 11.3 Å². The van der Waals surface area contributed by atoms with Crippen LogP contribution in [0.5, 0.6) is 0 Å². The third-order valence-electron chi connectivity index (χ3n) is 2.43. The third-order valence-corrected chi connectivity index (χ3v) is 3.28. The summed E-state index contributed by atoms with van der Waals surface area (Å²) < 4.78 is 55.5. The maximum Gasteiger partial charge on any atom is 0.419 e. The van der Waals surface area contributed by atoms with Gasteiger partial charge >= 0.3 is 12.1 Å². The molecule has 0 saturated heterocycles. The Kier molecular flexibility index (Phi) is 4.08. The van der Waals surface area contributed by atoms with E-state index in [2.05, 4.69) is 0 Å². The van der Waals surface area contributed by atoms with E-state index in [-0.39, 0.29) is 12.2 Å². The SMILES string of the molecule is O=C(OCc1cccs1)c1ccc(F)c(C(F)(F)F)c1. The van der Waals surface area contributed by atoms with Crippen LogP contribution in [0.15, 0.2) is 35.7 Å². The first-order valence-electron chi connectivity index (χ1n) is 5.44. The van der Waals surface area contributed by atoms with Crippen molar-refractivity contribution in [1.29, 1.82) is 0 Å². The highest BCUT2D eigenvalue weighted by Gasteiger charge is 2.34. The zero-order valence-corrected chi connectivity index (χ0v) is 10.7. The highest BCUT2D eigenvalue weighted by molar-refractivity contribution is 7.09. The molecule has 0 N–H and O–H groups in total. The maximum absolute atomic E-state index is 13.1. The number of thiophene rings is 1. The molecule has 20 heavy (non-hydrogen) atoms. The molecule has 7 heteroatoms. The van der Waals surface area contributed by atoms with Crippen LogP contribution in [0.1, 0.15) is 20.8 Å². The van der Waals surface area contributed by atoms with Crippen LogP contribution in [0, 0.1) is 5.82 Å². The smallest absolute Gasteiger partial charge is 0.419 e. The summed E-state index contributed by atoms with van der Waals surface area (Å²) in [5, 5.41) is 1.78. The molecule has 0 spiro atoms. The van der Waals surface area contributed by atoms with Crippen LogP contribution in [0.2, 0.25) is 0 Å². The van der Waals surface area contributed by atoms with Crippen molar-refractivity contribution in [3.05, 3.63) is 57.5 Å². The second-order valence-corrected chi connectivity index (χ2v) is 4.88. The van der Waals surface area contributed by atoms with Crippen molar-refractivity contribution in [1.82, 2.24) is 0 Å². The van der Waals surface area contributed by atoms with Crippen LogP contribution in [-0.4, -0.2) is 5.97 Å². The largest absolute Gasteiger partial charge is 0.456 e. The quantitative estimate of drug-likeness (QED) is 0.625. The average molecular weight is 304 g/mol. The second kappa shape index (κ2) is 5.62. The molecule has 0 bridgehead atoms. The predicted molar refractivity (Wildman–Crippen MR) is 64.8 cm³/mol. The Morgan fingerprint density at radius 3 is 2.60 bits per heavy atom. The lowest BCUT2D eigenvalue weighted by Gasteiger charge is -2.09. The molecule has 0 amide bonds. The van der Waals surface area contributed by atoms with Crippen molar-refractivity contribution in [3.8, 4) is 0 Å². The van der Waals surface area contributed by atoms with E-state index in [0.29, 0.717) is 12.1 Å². The van der Waals surface area contributed by atoms with Gasteiger partial charge in [0.2, 0.25) is 0 Å². The number of ether oxygens (including phenoxy) is 1. The molecular weight excluding hydrogens is 296 g/mol. The standard InChI is InChI=1S/C13H8F4O2S/c14-11-4-3-8(6-10(11)13(15,16)17)12(18)19-7-9-2-1-5-20-9/h1-6H,7H2. The van der Waals surface area contributed by atoms with Crippen LogP contribution in [0.4, 0.5) is 17.6 Å². The molecule has 0 atom stereocenters. The topological polar surface area (TPSA) is 26.3 Å². The van der Waals surface area contributed by atoms with Crippen molar-refractivity contribution in [3.63, 3.8) is 0 Å². The summed E-state index contributed by atoms with van der Waals surface area (Å²) in [6.07, 6.45) is -4.85. The lowest BCUT2D eigenvalue weighted by Crippen LogP contribution is -2.11. The van der Waals surface area contributed by atoms with Gasteiger partial charge in [0.1, 0.15) is 12.4 Å². The Morgan fingerprint density at radius 1 is 1.25 bits per heavy atom. The van der Waals surface area contributed by atoms with Gasteiger partial charge in [0.25, 0.3) is 0 Å². The Balaban J connectivity index is 2.14. The summed E-state index contributed by atoms with van der Waals surface area (Å²) in [5.74, 6) is -2.35. The lowest BCUT2D eigenvalue weighted by molar-refractivity contribution is -0.140. The molecule has 0 unspecified atom stereocenters. The molecule has 0 saturated carbocycles. The number of alkyl halides is 3. The Bertz CT molecular complexity index is 605. The molecule has 1 aromatic heterocycles. The maximum atomic E-state index is 13.1. The zero-order valence-electron chi connectivity index (χ0n) is 9.91. The fourth-order valence-corrected chi connectivity index (χ4v) is 2.10. The van der Waals surface area contributed by atoms with Crippen molar-refractivity contribution in [2.45, 2.75) is 12.8 Å². The number of rotatable bonds is 3. The van der Waals surface area contributed by atoms with E-state index in [1.54, 1.807) is 17.5 Å². The van der Waals surface area contributed by atoms with Crippen molar-refractivity contribution >= 4 is 17.3 Å². The zero-order chi connectivity index (χ0) is 14.8. The minimum atomic E-state index is -4.85. The summed E-state index contributed by atoms with van der Waals surface area (Å²) in [7, 11) is 0. The fourth-order valence-electron chi connectivity index (χ4n) is 1.48. The molecule has 0 aliphatic heterocycles. The monoisotopic (exact) mass is 304 g/mol. The van der Waals surface area contributed by atoms with E-state index in [1.165, 1.54) is 11.3 Å². The van der Waals surface area contributed by atoms with Gasteiger partial charge in [0.05, 0.1) is 11.1 Å². The van der Waals surface area contributed by atoms with Gasteiger partial charge in [-0.05, 0) is 29.6 Å². The van der Waals surface area contributed by atoms with Crippen molar-refractivity contribution in [2.24, 2.45) is 0 Å². The Hall–Kier alpha value is -1.89. The average Bonchev–Trinajstić information content (AvgIpc) is 2.88. The van der Waals surface area contributed by atoms with E-state index < -0.39 is 23.5 Å². The molecule has 2 nitrogen and oxygen atoms in total. The van der Waals surface area contributed by atoms with Crippen LogP contribution in [0.25, 0.3) is 0 Å². The number of carbonyl (C=O) groups is 1. The minimum absolute atomic E-state index is 0.0325. The summed E-state index contributed by atoms with van der Waals surface area (Å²) in [6.45, 7) is -0.0325. The second-order valence-electron chi connectivity index (χ2n) is 3.85. The van der Waals surface area contributed by atoms with Crippen molar-refractivity contribution < 1.29 is 27.1 Å². The van der Waals surface area contributed by atoms with Crippen LogP contribution in [-0.2, 0) is 17.5 Å². The molecule has 0 fully saturated rings. The molecule has 1 heterocycles. The first-order chi connectivity index (χ1) is 9.38. The van der Waals surface area contributed by atoms with Gasteiger partial charge in [-0.3, -0.25) is 0 Å². The van der Waals surface area contributed by atoms with E-state index in [9.17, 15) is 22.4 Å². The van der Waals surface area contributed by atoms with Gasteiger partial charge in [-0.1, -0.05) is 6.07 Å². The fraction of sp³-hybridized carbons (Fsp3) is 0.154. The number of carbonyl (C=O) groups excluding carboxylic acids is 1. The molecule has 2 rings (SSSR count). The molecule has 0 aliphatic rings. The highest BCUT2D eigenvalue weighted by Crippen LogP contribution is 2.32. The van der Waals surface area contributed by atoms with Gasteiger partial charge in [0.15, 0.2) is 0 Å². The number of hydrogen-bond acceptors (Lipinski definition) is 3. The van der Waals surface area contributed by atoms with Crippen LogP contribution in [0.3, 0.4) is 0 Å². The van der Waals surface area contributed by atoms with Gasteiger partial charge in [0, 0.05) is 4.88 Å². The lowest BCUT2D eigenvalue weighted by atomic mass is 10.1. The number of esters is 1. The molecule has 0 radical (unpaired) electrons. The highest BCUT2D eigenvalue weighted by atomic mass is 32.1.